The molecule has 7 atom stereocenters. The molecule has 0 radical (unpaired) electrons. The molecule has 0 bridgehead atoms. The lowest BCUT2D eigenvalue weighted by atomic mass is 9.91. The molecule has 6 rings (SSSR count). The van der Waals surface area contributed by atoms with Crippen LogP contribution >= 0.6 is 0 Å². The van der Waals surface area contributed by atoms with Crippen LogP contribution in [0.15, 0.2) is 84.9 Å². The van der Waals surface area contributed by atoms with E-state index in [0.29, 0.717) is 17.9 Å². The van der Waals surface area contributed by atoms with E-state index in [0.717, 1.165) is 11.1 Å². The topological polar surface area (TPSA) is 92.5 Å². The van der Waals surface area contributed by atoms with E-state index in [4.69, 9.17) is 23.8 Å². The minimum absolute atomic E-state index is 0.270. The Morgan fingerprint density at radius 3 is 2.26 bits per heavy atom. The van der Waals surface area contributed by atoms with Gasteiger partial charge in [-0.2, -0.15) is 0 Å². The first kappa shape index (κ1) is 25.9. The Labute approximate surface area is 227 Å². The molecule has 204 valence electrons. The van der Waals surface area contributed by atoms with Crippen LogP contribution in [-0.2, 0) is 30.4 Å². The number of ether oxygens (including phenoxy) is 4. The lowest BCUT2D eigenvalue weighted by Gasteiger charge is -2.33. The van der Waals surface area contributed by atoms with E-state index in [2.05, 4.69) is 0 Å². The molecular weight excluding hydrogens is 500 g/mol. The van der Waals surface area contributed by atoms with Crippen molar-refractivity contribution < 1.29 is 28.7 Å². The molecule has 9 nitrogen and oxygen atoms in total. The number of rotatable bonds is 7. The molecular formula is C30H32N2O7. The van der Waals surface area contributed by atoms with E-state index in [1.165, 1.54) is 0 Å². The Hall–Kier alpha value is -3.34. The van der Waals surface area contributed by atoms with Gasteiger partial charge in [0.1, 0.15) is 18.3 Å². The molecule has 3 aromatic rings. The van der Waals surface area contributed by atoms with E-state index >= 15 is 0 Å². The number of hydroxylamine groups is 1. The molecule has 0 aliphatic carbocycles. The zero-order chi connectivity index (χ0) is 27.1. The molecule has 3 aliphatic rings. The third-order valence-corrected chi connectivity index (χ3v) is 7.47. The van der Waals surface area contributed by atoms with Gasteiger partial charge in [0.15, 0.2) is 24.2 Å². The van der Waals surface area contributed by atoms with Crippen LogP contribution in [-0.4, -0.2) is 47.4 Å². The Kier molecular flexibility index (Phi) is 6.86. The molecule has 39 heavy (non-hydrogen) atoms. The quantitative estimate of drug-likeness (QED) is 0.311. The average molecular weight is 533 g/mol. The van der Waals surface area contributed by atoms with Gasteiger partial charge in [-0.3, -0.25) is 15.0 Å². The Morgan fingerprint density at radius 2 is 1.59 bits per heavy atom. The van der Waals surface area contributed by atoms with Gasteiger partial charge in [-0.25, -0.2) is 5.06 Å². The van der Waals surface area contributed by atoms with Crippen LogP contribution in [0, 0.1) is 17.0 Å². The monoisotopic (exact) mass is 532 g/mol. The number of nitro groups is 1. The van der Waals surface area contributed by atoms with Crippen LogP contribution in [0.25, 0.3) is 0 Å². The summed E-state index contributed by atoms with van der Waals surface area (Å²) in [5.41, 5.74) is 3.46. The van der Waals surface area contributed by atoms with Crippen LogP contribution in [0.4, 0.5) is 5.69 Å². The summed E-state index contributed by atoms with van der Waals surface area (Å²) in [5.74, 6) is -0.868. The van der Waals surface area contributed by atoms with Crippen molar-refractivity contribution in [3.8, 4) is 0 Å². The van der Waals surface area contributed by atoms with Crippen molar-refractivity contribution >= 4 is 5.69 Å². The summed E-state index contributed by atoms with van der Waals surface area (Å²) in [5, 5.41) is 14.4. The van der Waals surface area contributed by atoms with Crippen molar-refractivity contribution in [2.24, 2.45) is 0 Å². The summed E-state index contributed by atoms with van der Waals surface area (Å²) in [6.07, 6.45) is -3.53. The molecule has 9 heteroatoms. The third-order valence-electron chi connectivity index (χ3n) is 7.47. The molecule has 0 N–H and O–H groups in total. The third kappa shape index (κ3) is 5.04. The number of benzene rings is 3. The van der Waals surface area contributed by atoms with Crippen LogP contribution in [0.2, 0.25) is 0 Å². The maximum absolute atomic E-state index is 12.8. The highest BCUT2D eigenvalue weighted by molar-refractivity contribution is 5.48. The predicted molar refractivity (Wildman–Crippen MR) is 142 cm³/mol. The first-order chi connectivity index (χ1) is 18.8. The van der Waals surface area contributed by atoms with Crippen LogP contribution < -0.4 is 5.06 Å². The first-order valence-electron chi connectivity index (χ1n) is 13.2. The maximum Gasteiger partial charge on any atom is 0.270 e. The number of aryl methyl sites for hydroxylation is 1. The molecule has 3 saturated heterocycles. The number of hydrogen-bond acceptors (Lipinski definition) is 8. The summed E-state index contributed by atoms with van der Waals surface area (Å²) in [4.78, 5) is 18.9. The lowest BCUT2D eigenvalue weighted by molar-refractivity contribution is -0.532. The molecule has 0 saturated carbocycles. The fraction of sp³-hybridized carbons (Fsp3) is 0.400. The lowest BCUT2D eigenvalue weighted by Crippen LogP contribution is -2.53. The van der Waals surface area contributed by atoms with Gasteiger partial charge in [-0.1, -0.05) is 78.4 Å². The molecule has 3 aliphatic heterocycles. The van der Waals surface area contributed by atoms with E-state index < -0.39 is 48.6 Å². The van der Waals surface area contributed by atoms with Crippen LogP contribution in [0.3, 0.4) is 0 Å². The van der Waals surface area contributed by atoms with Crippen LogP contribution in [0.5, 0.6) is 0 Å². The van der Waals surface area contributed by atoms with Gasteiger partial charge in [0.2, 0.25) is 0 Å². The van der Waals surface area contributed by atoms with Gasteiger partial charge in [0, 0.05) is 4.92 Å². The predicted octanol–water partition coefficient (Wildman–Crippen LogP) is 4.96. The van der Waals surface area contributed by atoms with E-state index in [9.17, 15) is 10.1 Å². The number of anilines is 1. The van der Waals surface area contributed by atoms with E-state index in [-0.39, 0.29) is 4.92 Å². The van der Waals surface area contributed by atoms with Gasteiger partial charge in [0.05, 0.1) is 12.3 Å². The van der Waals surface area contributed by atoms with E-state index in [1.807, 2.05) is 106 Å². The van der Waals surface area contributed by atoms with Gasteiger partial charge in [0.25, 0.3) is 6.04 Å². The second-order valence-corrected chi connectivity index (χ2v) is 10.7. The second kappa shape index (κ2) is 10.3. The fourth-order valence-corrected chi connectivity index (χ4v) is 5.70. The minimum Gasteiger partial charge on any atom is -0.368 e. The molecule has 0 aromatic heterocycles. The van der Waals surface area contributed by atoms with Crippen molar-refractivity contribution in [1.82, 2.24) is 0 Å². The highest BCUT2D eigenvalue weighted by atomic mass is 16.8. The smallest absolute Gasteiger partial charge is 0.270 e. The Bertz CT molecular complexity index is 1290. The SMILES string of the molecule is Cc1ccc(N2O[C@@H](c3ccccc3)[C@H]([N+](=O)[O-])[C@H]2[C@H]2O[C@@H]3OC(C)(C)O[C@@H]3[C@H]2OCc2ccccc2)cc1. The summed E-state index contributed by atoms with van der Waals surface area (Å²) >= 11 is 0. The largest absolute Gasteiger partial charge is 0.368 e. The number of hydrogen-bond donors (Lipinski definition) is 0. The van der Waals surface area contributed by atoms with Crippen molar-refractivity contribution in [3.05, 3.63) is 112 Å². The summed E-state index contributed by atoms with van der Waals surface area (Å²) in [6.45, 7) is 5.92. The zero-order valence-corrected chi connectivity index (χ0v) is 22.1. The summed E-state index contributed by atoms with van der Waals surface area (Å²) in [6, 6.07) is 24.8. The van der Waals surface area contributed by atoms with E-state index in [1.54, 1.807) is 5.06 Å². The molecule has 0 unspecified atom stereocenters. The summed E-state index contributed by atoms with van der Waals surface area (Å²) in [7, 11) is 0. The molecule has 3 aromatic carbocycles. The number of nitrogens with zero attached hydrogens (tertiary/aromatic N) is 2. The molecule has 3 fully saturated rings. The van der Waals surface area contributed by atoms with Crippen molar-refractivity contribution in [2.75, 3.05) is 5.06 Å². The van der Waals surface area contributed by atoms with Gasteiger partial charge in [-0.15, -0.1) is 0 Å². The van der Waals surface area contributed by atoms with Gasteiger partial charge < -0.3 is 18.9 Å². The highest BCUT2D eigenvalue weighted by Gasteiger charge is 2.65. The maximum atomic E-state index is 12.8. The fourth-order valence-electron chi connectivity index (χ4n) is 5.70. The average Bonchev–Trinajstić information content (AvgIpc) is 3.56. The van der Waals surface area contributed by atoms with Crippen molar-refractivity contribution in [1.29, 1.82) is 0 Å². The van der Waals surface area contributed by atoms with Crippen molar-refractivity contribution in [3.63, 3.8) is 0 Å². The molecule has 0 spiro atoms. The van der Waals surface area contributed by atoms with Gasteiger partial charge >= 0.3 is 0 Å². The van der Waals surface area contributed by atoms with Crippen molar-refractivity contribution in [2.45, 2.75) is 76.0 Å². The zero-order valence-electron chi connectivity index (χ0n) is 22.1. The number of fused-ring (bicyclic) bond motifs is 1. The Balaban J connectivity index is 1.40. The highest BCUT2D eigenvalue weighted by Crippen LogP contribution is 2.47. The summed E-state index contributed by atoms with van der Waals surface area (Å²) < 4.78 is 25.2. The standard InChI is InChI=1S/C30H32N2O7/c1-19-14-16-22(17-15-19)31-23(24(32(33)34)25(39-31)21-12-8-5-9-13-21)26-27(35-18-20-10-6-4-7-11-20)28-29(36-26)38-30(2,3)37-28/h4-17,23-29H,18H2,1-3H3/t23-,24+,25-,26+,27-,28+,29+/m0/s1. The normalized spacial score (nSPS) is 31.4. The Morgan fingerprint density at radius 1 is 0.923 bits per heavy atom. The second-order valence-electron chi connectivity index (χ2n) is 10.7. The molecule has 3 heterocycles. The molecule has 0 amide bonds. The minimum atomic E-state index is -1.15. The van der Waals surface area contributed by atoms with Crippen LogP contribution in [0.1, 0.15) is 36.6 Å². The first-order valence-corrected chi connectivity index (χ1v) is 13.2. The van der Waals surface area contributed by atoms with Gasteiger partial charge in [-0.05, 0) is 44.0 Å².